The molecular formula is C15H16ClN3O2. The van der Waals surface area contributed by atoms with Crippen LogP contribution in [0.25, 0.3) is 0 Å². The van der Waals surface area contributed by atoms with Gasteiger partial charge in [-0.05, 0) is 35.9 Å². The molecule has 0 saturated carbocycles. The molecule has 0 bridgehead atoms. The number of carbonyl (C=O) groups excluding carboxylic acids is 1. The molecule has 0 aliphatic heterocycles. The summed E-state index contributed by atoms with van der Waals surface area (Å²) in [5, 5.41) is 3.66. The van der Waals surface area contributed by atoms with Crippen LogP contribution < -0.4 is 21.5 Å². The van der Waals surface area contributed by atoms with Gasteiger partial charge in [-0.15, -0.1) is 0 Å². The van der Waals surface area contributed by atoms with E-state index in [4.69, 9.17) is 27.8 Å². The molecule has 2 rings (SSSR count). The Kier molecular flexibility index (Phi) is 4.55. The summed E-state index contributed by atoms with van der Waals surface area (Å²) in [7, 11) is 1.56. The zero-order valence-corrected chi connectivity index (χ0v) is 12.3. The number of anilines is 2. The quantitative estimate of drug-likeness (QED) is 0.741. The van der Waals surface area contributed by atoms with Gasteiger partial charge < -0.3 is 21.5 Å². The lowest BCUT2D eigenvalue weighted by molar-refractivity contribution is 0.100. The number of benzene rings is 2. The average molecular weight is 306 g/mol. The van der Waals surface area contributed by atoms with E-state index in [2.05, 4.69) is 5.32 Å². The molecule has 1 amide bonds. The van der Waals surface area contributed by atoms with Gasteiger partial charge in [0.25, 0.3) is 5.91 Å². The molecule has 21 heavy (non-hydrogen) atoms. The smallest absolute Gasteiger partial charge is 0.250 e. The monoisotopic (exact) mass is 305 g/mol. The molecule has 0 saturated heterocycles. The average Bonchev–Trinajstić information content (AvgIpc) is 2.45. The number of nitrogen functional groups attached to an aromatic ring is 1. The molecule has 5 N–H and O–H groups in total. The fourth-order valence-corrected chi connectivity index (χ4v) is 2.14. The van der Waals surface area contributed by atoms with Gasteiger partial charge in [-0.3, -0.25) is 4.79 Å². The van der Waals surface area contributed by atoms with Crippen molar-refractivity contribution in [1.82, 2.24) is 0 Å². The minimum atomic E-state index is -0.511. The fourth-order valence-electron chi connectivity index (χ4n) is 1.97. The van der Waals surface area contributed by atoms with Crippen LogP contribution in [0.5, 0.6) is 5.75 Å². The highest BCUT2D eigenvalue weighted by atomic mass is 35.5. The molecule has 0 aliphatic rings. The zero-order valence-electron chi connectivity index (χ0n) is 11.5. The van der Waals surface area contributed by atoms with Crippen LogP contribution in [-0.4, -0.2) is 13.0 Å². The topological polar surface area (TPSA) is 90.4 Å². The molecule has 2 aromatic rings. The second-order valence-electron chi connectivity index (χ2n) is 4.48. The summed E-state index contributed by atoms with van der Waals surface area (Å²) in [5.41, 5.74) is 13.7. The maximum absolute atomic E-state index is 11.4. The molecule has 0 aliphatic carbocycles. The van der Waals surface area contributed by atoms with Crippen LogP contribution in [0, 0.1) is 0 Å². The highest BCUT2D eigenvalue weighted by Crippen LogP contribution is 2.24. The second kappa shape index (κ2) is 6.37. The summed E-state index contributed by atoms with van der Waals surface area (Å²) in [6.45, 7) is 0.481. The third kappa shape index (κ3) is 3.58. The molecule has 6 heteroatoms. The third-order valence-corrected chi connectivity index (χ3v) is 3.26. The van der Waals surface area contributed by atoms with Crippen LogP contribution in [0.2, 0.25) is 5.02 Å². The van der Waals surface area contributed by atoms with E-state index >= 15 is 0 Å². The molecule has 0 unspecified atom stereocenters. The zero-order chi connectivity index (χ0) is 15.4. The van der Waals surface area contributed by atoms with Crippen LogP contribution in [-0.2, 0) is 6.54 Å². The lowest BCUT2D eigenvalue weighted by Gasteiger charge is -2.12. The Morgan fingerprint density at radius 2 is 2.05 bits per heavy atom. The van der Waals surface area contributed by atoms with Crippen molar-refractivity contribution in [3.63, 3.8) is 0 Å². The van der Waals surface area contributed by atoms with Crippen molar-refractivity contribution in [2.75, 3.05) is 18.2 Å². The number of nitrogens with one attached hydrogen (secondary N) is 1. The maximum Gasteiger partial charge on any atom is 0.250 e. The van der Waals surface area contributed by atoms with E-state index in [-0.39, 0.29) is 0 Å². The molecule has 0 fully saturated rings. The number of amides is 1. The van der Waals surface area contributed by atoms with Crippen molar-refractivity contribution in [2.24, 2.45) is 5.73 Å². The first kappa shape index (κ1) is 15.0. The Morgan fingerprint density at radius 3 is 2.67 bits per heavy atom. The Labute approximate surface area is 127 Å². The van der Waals surface area contributed by atoms with Gasteiger partial charge in [-0.1, -0.05) is 17.7 Å². The summed E-state index contributed by atoms with van der Waals surface area (Å²) < 4.78 is 5.11. The summed E-state index contributed by atoms with van der Waals surface area (Å²) >= 11 is 5.94. The van der Waals surface area contributed by atoms with Crippen molar-refractivity contribution < 1.29 is 9.53 Å². The second-order valence-corrected chi connectivity index (χ2v) is 4.92. The first-order valence-corrected chi connectivity index (χ1v) is 6.64. The molecule has 0 atom stereocenters. The van der Waals surface area contributed by atoms with Gasteiger partial charge in [-0.2, -0.15) is 0 Å². The van der Waals surface area contributed by atoms with Gasteiger partial charge in [0.15, 0.2) is 0 Å². The van der Waals surface area contributed by atoms with E-state index in [9.17, 15) is 4.79 Å². The van der Waals surface area contributed by atoms with Crippen LogP contribution >= 0.6 is 11.6 Å². The van der Waals surface area contributed by atoms with E-state index < -0.39 is 5.91 Å². The fraction of sp³-hybridized carbons (Fsp3) is 0.133. The maximum atomic E-state index is 11.4. The van der Waals surface area contributed by atoms with Gasteiger partial charge in [-0.25, -0.2) is 0 Å². The summed E-state index contributed by atoms with van der Waals surface area (Å²) in [6.07, 6.45) is 0. The summed E-state index contributed by atoms with van der Waals surface area (Å²) in [6, 6.07) is 10.4. The van der Waals surface area contributed by atoms with Gasteiger partial charge >= 0.3 is 0 Å². The lowest BCUT2D eigenvalue weighted by Crippen LogP contribution is -2.14. The van der Waals surface area contributed by atoms with Crippen molar-refractivity contribution in [3.8, 4) is 5.75 Å². The minimum absolute atomic E-state index is 0.390. The molecule has 0 heterocycles. The summed E-state index contributed by atoms with van der Waals surface area (Å²) in [5.74, 6) is 0.114. The van der Waals surface area contributed by atoms with Crippen LogP contribution in [0.1, 0.15) is 15.9 Å². The Hall–Kier alpha value is -2.40. The largest absolute Gasteiger partial charge is 0.495 e. The van der Waals surface area contributed by atoms with E-state index in [0.717, 1.165) is 5.56 Å². The number of carbonyl (C=O) groups is 1. The molecule has 0 spiro atoms. The number of ether oxygens (including phenoxy) is 1. The Bertz CT molecular complexity index is 674. The number of rotatable bonds is 5. The normalized spacial score (nSPS) is 10.2. The van der Waals surface area contributed by atoms with Gasteiger partial charge in [0, 0.05) is 17.3 Å². The van der Waals surface area contributed by atoms with Crippen molar-refractivity contribution >= 4 is 28.9 Å². The standard InChI is InChI=1S/C15H16ClN3O2/c1-21-14-5-2-9(6-12(14)17)8-19-13-7-10(16)3-4-11(13)15(18)20/h2-7,19H,8,17H2,1H3,(H2,18,20). The number of hydrogen-bond donors (Lipinski definition) is 3. The number of methoxy groups -OCH3 is 1. The number of primary amides is 1. The predicted octanol–water partition coefficient (Wildman–Crippen LogP) is 2.64. The van der Waals surface area contributed by atoms with E-state index in [1.165, 1.54) is 0 Å². The Morgan fingerprint density at radius 1 is 1.29 bits per heavy atom. The molecule has 2 aromatic carbocycles. The van der Waals surface area contributed by atoms with E-state index in [1.54, 1.807) is 37.4 Å². The molecule has 0 aromatic heterocycles. The van der Waals surface area contributed by atoms with E-state index in [1.807, 2.05) is 6.07 Å². The van der Waals surface area contributed by atoms with Crippen molar-refractivity contribution in [2.45, 2.75) is 6.54 Å². The number of nitrogens with two attached hydrogens (primary N) is 2. The van der Waals surface area contributed by atoms with Gasteiger partial charge in [0.05, 0.1) is 18.4 Å². The minimum Gasteiger partial charge on any atom is -0.495 e. The first-order chi connectivity index (χ1) is 10.0. The van der Waals surface area contributed by atoms with Crippen molar-refractivity contribution in [1.29, 1.82) is 0 Å². The molecule has 5 nitrogen and oxygen atoms in total. The lowest BCUT2D eigenvalue weighted by atomic mass is 10.1. The van der Waals surface area contributed by atoms with Crippen LogP contribution in [0.4, 0.5) is 11.4 Å². The van der Waals surface area contributed by atoms with Crippen molar-refractivity contribution in [3.05, 3.63) is 52.5 Å². The molecular weight excluding hydrogens is 290 g/mol. The van der Waals surface area contributed by atoms with Gasteiger partial charge in [0.1, 0.15) is 5.75 Å². The first-order valence-electron chi connectivity index (χ1n) is 6.27. The third-order valence-electron chi connectivity index (χ3n) is 3.02. The highest BCUT2D eigenvalue weighted by molar-refractivity contribution is 6.31. The number of halogens is 1. The predicted molar refractivity (Wildman–Crippen MR) is 84.7 cm³/mol. The highest BCUT2D eigenvalue weighted by Gasteiger charge is 2.09. The summed E-state index contributed by atoms with van der Waals surface area (Å²) in [4.78, 5) is 11.4. The molecule has 110 valence electrons. The number of hydrogen-bond acceptors (Lipinski definition) is 4. The van der Waals surface area contributed by atoms with Crippen LogP contribution in [0.15, 0.2) is 36.4 Å². The Balaban J connectivity index is 2.18. The SMILES string of the molecule is COc1ccc(CNc2cc(Cl)ccc2C(N)=O)cc1N. The van der Waals surface area contributed by atoms with Gasteiger partial charge in [0.2, 0.25) is 0 Å². The van der Waals surface area contributed by atoms with E-state index in [0.29, 0.717) is 34.3 Å². The molecule has 0 radical (unpaired) electrons. The van der Waals surface area contributed by atoms with Crippen LogP contribution in [0.3, 0.4) is 0 Å².